The molecule has 94 valence electrons. The molecule has 1 aromatic carbocycles. The van der Waals surface area contributed by atoms with Gasteiger partial charge < -0.3 is 4.98 Å². The van der Waals surface area contributed by atoms with E-state index < -0.39 is 11.2 Å². The number of rotatable bonds is 2. The van der Waals surface area contributed by atoms with E-state index in [0.29, 0.717) is 15.1 Å². The summed E-state index contributed by atoms with van der Waals surface area (Å²) in [4.78, 5) is 25.9. The largest absolute Gasteiger partial charge is 0.328 e. The molecule has 0 saturated carbocycles. The van der Waals surface area contributed by atoms with Crippen molar-refractivity contribution >= 4 is 43.5 Å². The van der Waals surface area contributed by atoms with Gasteiger partial charge in [-0.25, -0.2) is 4.79 Å². The van der Waals surface area contributed by atoms with Gasteiger partial charge in [0.25, 0.3) is 5.56 Å². The van der Waals surface area contributed by atoms with Crippen molar-refractivity contribution in [2.75, 3.05) is 0 Å². The van der Waals surface area contributed by atoms with Gasteiger partial charge in [0.05, 0.1) is 11.0 Å². The Hall–Kier alpha value is -0.850. The Morgan fingerprint density at radius 2 is 2.00 bits per heavy atom. The van der Waals surface area contributed by atoms with Crippen molar-refractivity contribution in [3.8, 4) is 0 Å². The summed E-state index contributed by atoms with van der Waals surface area (Å²) >= 11 is 12.4. The maximum atomic E-state index is 11.8. The Bertz CT molecular complexity index is 709. The van der Waals surface area contributed by atoms with Gasteiger partial charge in [-0.3, -0.25) is 9.36 Å². The van der Waals surface area contributed by atoms with Gasteiger partial charge in [-0.2, -0.15) is 0 Å². The van der Waals surface area contributed by atoms with Crippen molar-refractivity contribution in [2.45, 2.75) is 6.54 Å². The Morgan fingerprint density at radius 1 is 1.28 bits per heavy atom. The maximum Gasteiger partial charge on any atom is 0.328 e. The summed E-state index contributed by atoms with van der Waals surface area (Å²) in [5.74, 6) is 0. The monoisotopic (exact) mass is 392 g/mol. The van der Waals surface area contributed by atoms with Crippen LogP contribution in [0.2, 0.25) is 5.02 Å². The molecule has 2 aromatic rings. The van der Waals surface area contributed by atoms with Crippen LogP contribution < -0.4 is 11.2 Å². The molecule has 0 aliphatic heterocycles. The second kappa shape index (κ2) is 5.42. The lowest BCUT2D eigenvalue weighted by atomic mass is 10.2. The summed E-state index contributed by atoms with van der Waals surface area (Å²) in [5.41, 5.74) is -0.162. The summed E-state index contributed by atoms with van der Waals surface area (Å²) in [5, 5.41) is 0.496. The van der Waals surface area contributed by atoms with E-state index in [-0.39, 0.29) is 6.54 Å². The van der Waals surface area contributed by atoms with Crippen LogP contribution in [0.4, 0.5) is 0 Å². The molecule has 0 aliphatic rings. The summed E-state index contributed by atoms with van der Waals surface area (Å²) in [6, 6.07) is 5.28. The number of hydrogen-bond acceptors (Lipinski definition) is 2. The quantitative estimate of drug-likeness (QED) is 0.852. The van der Waals surface area contributed by atoms with Gasteiger partial charge in [-0.15, -0.1) is 0 Å². The number of nitrogens with one attached hydrogen (secondary N) is 1. The molecule has 2 rings (SSSR count). The van der Waals surface area contributed by atoms with Gasteiger partial charge in [-0.1, -0.05) is 33.6 Å². The van der Waals surface area contributed by atoms with Gasteiger partial charge in [0, 0.05) is 15.7 Å². The Labute approximate surface area is 124 Å². The van der Waals surface area contributed by atoms with Crippen LogP contribution in [0.15, 0.2) is 42.9 Å². The lowest BCUT2D eigenvalue weighted by molar-refractivity contribution is 0.694. The van der Waals surface area contributed by atoms with Crippen LogP contribution in [-0.4, -0.2) is 9.55 Å². The molecule has 4 nitrogen and oxygen atoms in total. The molecule has 1 heterocycles. The number of H-pyrrole nitrogens is 1. The van der Waals surface area contributed by atoms with Crippen LogP contribution in [0.25, 0.3) is 0 Å². The normalized spacial score (nSPS) is 10.6. The van der Waals surface area contributed by atoms with Crippen LogP contribution in [0.3, 0.4) is 0 Å². The van der Waals surface area contributed by atoms with Crippen molar-refractivity contribution in [3.05, 3.63) is 64.8 Å². The molecule has 1 N–H and O–H groups in total. The van der Waals surface area contributed by atoms with E-state index >= 15 is 0 Å². The first-order valence-corrected chi connectivity index (χ1v) is 6.87. The minimum absolute atomic E-state index is 0.125. The van der Waals surface area contributed by atoms with E-state index in [4.69, 9.17) is 11.6 Å². The minimum atomic E-state index is -0.470. The van der Waals surface area contributed by atoms with Crippen molar-refractivity contribution in [1.29, 1.82) is 0 Å². The van der Waals surface area contributed by atoms with Gasteiger partial charge in [-0.05, 0) is 33.6 Å². The smallest absolute Gasteiger partial charge is 0.313 e. The third-order valence-electron chi connectivity index (χ3n) is 2.36. The number of aromatic nitrogens is 2. The molecule has 0 saturated heterocycles. The van der Waals surface area contributed by atoms with E-state index in [1.807, 2.05) is 0 Å². The summed E-state index contributed by atoms with van der Waals surface area (Å²) in [7, 11) is 0. The van der Waals surface area contributed by atoms with E-state index in [1.165, 1.54) is 6.20 Å². The van der Waals surface area contributed by atoms with Crippen LogP contribution in [0.1, 0.15) is 5.56 Å². The molecule has 0 fully saturated rings. The molecule has 0 bridgehead atoms. The molecule has 0 amide bonds. The third-order valence-corrected chi connectivity index (χ3v) is 3.77. The number of aromatic amines is 1. The fraction of sp³-hybridized carbons (Fsp3) is 0.0909. The van der Waals surface area contributed by atoms with Gasteiger partial charge >= 0.3 is 5.69 Å². The minimum Gasteiger partial charge on any atom is -0.313 e. The first kappa shape index (κ1) is 13.6. The average Bonchev–Trinajstić information content (AvgIpc) is 2.32. The highest BCUT2D eigenvalue weighted by atomic mass is 79.9. The second-order valence-electron chi connectivity index (χ2n) is 3.57. The van der Waals surface area contributed by atoms with Crippen LogP contribution in [0.5, 0.6) is 0 Å². The van der Waals surface area contributed by atoms with E-state index in [0.717, 1.165) is 9.04 Å². The molecule has 0 spiro atoms. The van der Waals surface area contributed by atoms with Gasteiger partial charge in [0.1, 0.15) is 0 Å². The SMILES string of the molecule is O=c1[nH]cc(Br)c(=O)n1Cc1ccc(Br)cc1Cl. The Kier molecular flexibility index (Phi) is 4.09. The molecular formula is C11H7Br2ClN2O2. The second-order valence-corrected chi connectivity index (χ2v) is 5.75. The lowest BCUT2D eigenvalue weighted by Gasteiger charge is -2.07. The predicted octanol–water partition coefficient (Wildman–Crippen LogP) is 2.76. The number of nitrogens with zero attached hydrogens (tertiary/aromatic N) is 1. The topological polar surface area (TPSA) is 54.9 Å². The fourth-order valence-electron chi connectivity index (χ4n) is 1.45. The van der Waals surface area contributed by atoms with Gasteiger partial charge in [0.15, 0.2) is 0 Å². The number of benzene rings is 1. The third kappa shape index (κ3) is 2.76. The number of halogens is 3. The van der Waals surface area contributed by atoms with Crippen molar-refractivity contribution < 1.29 is 0 Å². The van der Waals surface area contributed by atoms with E-state index in [1.54, 1.807) is 18.2 Å². The Morgan fingerprint density at radius 3 is 2.67 bits per heavy atom. The molecule has 0 radical (unpaired) electrons. The summed E-state index contributed by atoms with van der Waals surface area (Å²) in [6.07, 6.45) is 1.32. The zero-order chi connectivity index (χ0) is 13.3. The average molecular weight is 394 g/mol. The molecule has 0 atom stereocenters. The maximum absolute atomic E-state index is 11.8. The summed E-state index contributed by atoms with van der Waals surface area (Å²) in [6.45, 7) is 0.125. The zero-order valence-electron chi connectivity index (χ0n) is 8.91. The van der Waals surface area contributed by atoms with E-state index in [2.05, 4.69) is 36.8 Å². The molecule has 18 heavy (non-hydrogen) atoms. The lowest BCUT2D eigenvalue weighted by Crippen LogP contribution is -2.35. The highest BCUT2D eigenvalue weighted by Gasteiger charge is 2.08. The first-order chi connectivity index (χ1) is 8.49. The zero-order valence-corrected chi connectivity index (χ0v) is 12.8. The van der Waals surface area contributed by atoms with Crippen molar-refractivity contribution in [3.63, 3.8) is 0 Å². The highest BCUT2D eigenvalue weighted by molar-refractivity contribution is 9.10. The number of hydrogen-bond donors (Lipinski definition) is 1. The summed E-state index contributed by atoms with van der Waals surface area (Å²) < 4.78 is 2.22. The van der Waals surface area contributed by atoms with Crippen LogP contribution in [0, 0.1) is 0 Å². The van der Waals surface area contributed by atoms with E-state index in [9.17, 15) is 9.59 Å². The van der Waals surface area contributed by atoms with Crippen LogP contribution >= 0.6 is 43.5 Å². The molecule has 7 heteroatoms. The molecule has 1 aromatic heterocycles. The van der Waals surface area contributed by atoms with Crippen LogP contribution in [-0.2, 0) is 6.54 Å². The predicted molar refractivity (Wildman–Crippen MR) is 77.3 cm³/mol. The molecule has 0 aliphatic carbocycles. The van der Waals surface area contributed by atoms with Crippen molar-refractivity contribution in [1.82, 2.24) is 9.55 Å². The highest BCUT2D eigenvalue weighted by Crippen LogP contribution is 2.21. The Balaban J connectivity index is 2.50. The molecular weight excluding hydrogens is 387 g/mol. The standard InChI is InChI=1S/C11H7Br2ClN2O2/c12-7-2-1-6(9(14)3-7)5-16-10(17)8(13)4-15-11(16)18/h1-4H,5H2,(H,15,18). The van der Waals surface area contributed by atoms with Gasteiger partial charge in [0.2, 0.25) is 0 Å². The van der Waals surface area contributed by atoms with Crippen molar-refractivity contribution in [2.24, 2.45) is 0 Å². The fourth-order valence-corrected chi connectivity index (χ4v) is 2.51. The first-order valence-electron chi connectivity index (χ1n) is 4.91. The molecule has 0 unspecified atom stereocenters.